The van der Waals surface area contributed by atoms with E-state index in [-0.39, 0.29) is 0 Å². The van der Waals surface area contributed by atoms with Crippen LogP contribution in [0.2, 0.25) is 0 Å². The Morgan fingerprint density at radius 1 is 1.33 bits per heavy atom. The second kappa shape index (κ2) is 2.91. The van der Waals surface area contributed by atoms with Gasteiger partial charge < -0.3 is 4.74 Å². The molecule has 0 bridgehead atoms. The molecule has 1 heterocycles. The number of epoxide rings is 1. The van der Waals surface area contributed by atoms with Gasteiger partial charge in [0.25, 0.3) is 0 Å². The summed E-state index contributed by atoms with van der Waals surface area (Å²) < 4.78 is 5.38. The fourth-order valence-corrected chi connectivity index (χ4v) is 1.50. The van der Waals surface area contributed by atoms with Gasteiger partial charge in [0, 0.05) is 6.42 Å². The molecule has 1 fully saturated rings. The molecule has 1 aromatic rings. The monoisotopic (exact) mass is 162 g/mol. The summed E-state index contributed by atoms with van der Waals surface area (Å²) in [6, 6.07) is 8.51. The third-order valence-corrected chi connectivity index (χ3v) is 2.52. The molecule has 2 unspecified atom stereocenters. The Balaban J connectivity index is 2.08. The molecule has 0 spiro atoms. The summed E-state index contributed by atoms with van der Waals surface area (Å²) in [5.41, 5.74) is 2.80. The van der Waals surface area contributed by atoms with Gasteiger partial charge in [-0.15, -0.1) is 0 Å². The summed E-state index contributed by atoms with van der Waals surface area (Å²) in [5, 5.41) is 0. The molecule has 1 aliphatic heterocycles. The predicted octanol–water partition coefficient (Wildman–Crippen LogP) is 2.32. The van der Waals surface area contributed by atoms with Crippen molar-refractivity contribution in [2.24, 2.45) is 0 Å². The summed E-state index contributed by atoms with van der Waals surface area (Å²) in [6.45, 7) is 4.28. The fraction of sp³-hybridized carbons (Fsp3) is 0.455. The third-order valence-electron chi connectivity index (χ3n) is 2.52. The molecule has 1 nitrogen and oxygen atoms in total. The van der Waals surface area contributed by atoms with Gasteiger partial charge >= 0.3 is 0 Å². The molecule has 1 saturated heterocycles. The van der Waals surface area contributed by atoms with Crippen molar-refractivity contribution >= 4 is 0 Å². The van der Waals surface area contributed by atoms with E-state index >= 15 is 0 Å². The molecule has 0 aliphatic carbocycles. The molecule has 1 heteroatoms. The zero-order valence-corrected chi connectivity index (χ0v) is 7.58. The molecule has 2 rings (SSSR count). The van der Waals surface area contributed by atoms with Crippen LogP contribution in [0.15, 0.2) is 24.3 Å². The molecular formula is C11H14O. The average molecular weight is 162 g/mol. The van der Waals surface area contributed by atoms with Gasteiger partial charge in [-0.2, -0.15) is 0 Å². The Labute approximate surface area is 73.4 Å². The summed E-state index contributed by atoms with van der Waals surface area (Å²) in [4.78, 5) is 0. The van der Waals surface area contributed by atoms with Gasteiger partial charge in [0.2, 0.25) is 0 Å². The predicted molar refractivity (Wildman–Crippen MR) is 49.2 cm³/mol. The van der Waals surface area contributed by atoms with Crippen LogP contribution in [0.4, 0.5) is 0 Å². The Bertz CT molecular complexity index is 280. The van der Waals surface area contributed by atoms with E-state index in [4.69, 9.17) is 4.74 Å². The molecule has 1 aromatic carbocycles. The lowest BCUT2D eigenvalue weighted by Gasteiger charge is -2.01. The zero-order chi connectivity index (χ0) is 8.55. The van der Waals surface area contributed by atoms with Crippen LogP contribution in [0.5, 0.6) is 0 Å². The topological polar surface area (TPSA) is 12.5 Å². The minimum Gasteiger partial charge on any atom is -0.370 e. The summed E-state index contributed by atoms with van der Waals surface area (Å²) in [5.74, 6) is 0. The number of hydrogen-bond donors (Lipinski definition) is 0. The normalized spacial score (nSPS) is 27.2. The van der Waals surface area contributed by atoms with Gasteiger partial charge in [-0.05, 0) is 25.0 Å². The first-order chi connectivity index (χ1) is 5.77. The molecule has 0 aromatic heterocycles. The van der Waals surface area contributed by atoms with E-state index in [0.29, 0.717) is 12.2 Å². The number of benzene rings is 1. The largest absolute Gasteiger partial charge is 0.370 e. The first kappa shape index (κ1) is 7.81. The van der Waals surface area contributed by atoms with Crippen molar-refractivity contribution in [3.05, 3.63) is 35.4 Å². The van der Waals surface area contributed by atoms with Crippen LogP contribution in [0, 0.1) is 6.92 Å². The van der Waals surface area contributed by atoms with Crippen molar-refractivity contribution in [2.75, 3.05) is 0 Å². The van der Waals surface area contributed by atoms with Crippen molar-refractivity contribution in [3.8, 4) is 0 Å². The molecule has 64 valence electrons. The lowest BCUT2D eigenvalue weighted by molar-refractivity contribution is 0.378. The van der Waals surface area contributed by atoms with Crippen molar-refractivity contribution in [1.82, 2.24) is 0 Å². The van der Waals surface area contributed by atoms with Gasteiger partial charge in [0.05, 0.1) is 12.2 Å². The molecule has 0 N–H and O–H groups in total. The summed E-state index contributed by atoms with van der Waals surface area (Å²) in [7, 11) is 0. The van der Waals surface area contributed by atoms with Gasteiger partial charge in [-0.1, -0.05) is 24.3 Å². The van der Waals surface area contributed by atoms with Crippen LogP contribution in [-0.2, 0) is 11.2 Å². The molecular weight excluding hydrogens is 148 g/mol. The average Bonchev–Trinajstić information content (AvgIpc) is 2.72. The Morgan fingerprint density at radius 3 is 2.58 bits per heavy atom. The van der Waals surface area contributed by atoms with Gasteiger partial charge in [0.1, 0.15) is 0 Å². The van der Waals surface area contributed by atoms with E-state index in [1.807, 2.05) is 0 Å². The minimum absolute atomic E-state index is 0.476. The van der Waals surface area contributed by atoms with Crippen LogP contribution < -0.4 is 0 Å². The van der Waals surface area contributed by atoms with Crippen molar-refractivity contribution in [3.63, 3.8) is 0 Å². The first-order valence-electron chi connectivity index (χ1n) is 4.47. The molecule has 12 heavy (non-hydrogen) atoms. The lowest BCUT2D eigenvalue weighted by Crippen LogP contribution is -1.97. The van der Waals surface area contributed by atoms with Crippen LogP contribution in [0.3, 0.4) is 0 Å². The minimum atomic E-state index is 0.476. The highest BCUT2D eigenvalue weighted by Gasteiger charge is 2.33. The second-order valence-electron chi connectivity index (χ2n) is 3.51. The van der Waals surface area contributed by atoms with E-state index in [1.54, 1.807) is 0 Å². The molecule has 0 radical (unpaired) electrons. The lowest BCUT2D eigenvalue weighted by atomic mass is 10.0. The van der Waals surface area contributed by atoms with E-state index < -0.39 is 0 Å². The summed E-state index contributed by atoms with van der Waals surface area (Å²) in [6.07, 6.45) is 2.03. The maximum Gasteiger partial charge on any atom is 0.0879 e. The van der Waals surface area contributed by atoms with Gasteiger partial charge in [0.15, 0.2) is 0 Å². The van der Waals surface area contributed by atoms with Crippen molar-refractivity contribution < 1.29 is 4.74 Å². The van der Waals surface area contributed by atoms with Crippen LogP contribution in [-0.4, -0.2) is 12.2 Å². The van der Waals surface area contributed by atoms with Crippen LogP contribution >= 0.6 is 0 Å². The second-order valence-corrected chi connectivity index (χ2v) is 3.51. The van der Waals surface area contributed by atoms with Crippen molar-refractivity contribution in [1.29, 1.82) is 0 Å². The van der Waals surface area contributed by atoms with Crippen LogP contribution in [0.25, 0.3) is 0 Å². The number of rotatable bonds is 2. The Kier molecular flexibility index (Phi) is 1.89. The van der Waals surface area contributed by atoms with E-state index in [2.05, 4.69) is 38.1 Å². The Morgan fingerprint density at radius 2 is 2.00 bits per heavy atom. The first-order valence-corrected chi connectivity index (χ1v) is 4.47. The smallest absolute Gasteiger partial charge is 0.0879 e. The maximum absolute atomic E-state index is 5.38. The van der Waals surface area contributed by atoms with Gasteiger partial charge in [-0.3, -0.25) is 0 Å². The van der Waals surface area contributed by atoms with Gasteiger partial charge in [-0.25, -0.2) is 0 Å². The highest BCUT2D eigenvalue weighted by molar-refractivity contribution is 5.26. The number of aryl methyl sites for hydroxylation is 1. The highest BCUT2D eigenvalue weighted by atomic mass is 16.6. The van der Waals surface area contributed by atoms with Crippen molar-refractivity contribution in [2.45, 2.75) is 32.5 Å². The van der Waals surface area contributed by atoms with Crippen LogP contribution in [0.1, 0.15) is 18.1 Å². The molecule has 2 atom stereocenters. The van der Waals surface area contributed by atoms with E-state index in [9.17, 15) is 0 Å². The molecule has 1 aliphatic rings. The highest BCUT2D eigenvalue weighted by Crippen LogP contribution is 2.25. The van der Waals surface area contributed by atoms with E-state index in [1.165, 1.54) is 11.1 Å². The zero-order valence-electron chi connectivity index (χ0n) is 7.58. The van der Waals surface area contributed by atoms with E-state index in [0.717, 1.165) is 6.42 Å². The molecule has 0 saturated carbocycles. The maximum atomic E-state index is 5.38. The number of ether oxygens (including phenoxy) is 1. The SMILES string of the molecule is Cc1ccccc1CC1OC1C. The quantitative estimate of drug-likeness (QED) is 0.608. The Hall–Kier alpha value is -0.820. The standard InChI is InChI=1S/C11H14O/c1-8-5-3-4-6-10(8)7-11-9(2)12-11/h3-6,9,11H,7H2,1-2H3. The fourth-order valence-electron chi connectivity index (χ4n) is 1.50. The number of hydrogen-bond acceptors (Lipinski definition) is 1. The summed E-state index contributed by atoms with van der Waals surface area (Å²) >= 11 is 0. The molecule has 0 amide bonds. The third kappa shape index (κ3) is 1.51.